The van der Waals surface area contributed by atoms with E-state index in [1.807, 2.05) is 0 Å². The van der Waals surface area contributed by atoms with Gasteiger partial charge < -0.3 is 14.6 Å². The van der Waals surface area contributed by atoms with Crippen molar-refractivity contribution in [2.45, 2.75) is 5.60 Å². The van der Waals surface area contributed by atoms with Crippen molar-refractivity contribution in [3.8, 4) is 5.75 Å². The molecule has 29 heavy (non-hydrogen) atoms. The lowest BCUT2D eigenvalue weighted by Gasteiger charge is -2.27. The maximum atomic E-state index is 12.9. The molecule has 0 atom stereocenters. The number of ketones is 1. The van der Waals surface area contributed by atoms with Crippen molar-refractivity contribution in [1.29, 1.82) is 0 Å². The van der Waals surface area contributed by atoms with Crippen LogP contribution in [0.2, 0.25) is 0 Å². The fourth-order valence-corrected chi connectivity index (χ4v) is 3.46. The summed E-state index contributed by atoms with van der Waals surface area (Å²) >= 11 is 3.32. The minimum absolute atomic E-state index is 0.355. The number of Topliss-reactive ketones (excluding diaryl/α,β-unsaturated/α-hetero) is 1. The van der Waals surface area contributed by atoms with E-state index in [0.29, 0.717) is 26.9 Å². The van der Waals surface area contributed by atoms with Gasteiger partial charge in [-0.15, -0.1) is 0 Å². The Hall–Kier alpha value is -2.96. The number of rotatable bonds is 7. The molecule has 0 radical (unpaired) electrons. The predicted octanol–water partition coefficient (Wildman–Crippen LogP) is 4.12. The zero-order valence-electron chi connectivity index (χ0n) is 15.7. The van der Waals surface area contributed by atoms with Gasteiger partial charge in [-0.3, -0.25) is 4.79 Å². The number of esters is 1. The topological polar surface area (TPSA) is 72.8 Å². The van der Waals surface area contributed by atoms with Gasteiger partial charge in [-0.2, -0.15) is 0 Å². The average Bonchev–Trinajstić information content (AvgIpc) is 2.77. The number of methoxy groups -OCH3 is 1. The summed E-state index contributed by atoms with van der Waals surface area (Å²) in [6.07, 6.45) is 0. The lowest BCUT2D eigenvalue weighted by molar-refractivity contribution is -0.160. The van der Waals surface area contributed by atoms with Crippen LogP contribution < -0.4 is 4.74 Å². The summed E-state index contributed by atoms with van der Waals surface area (Å²) in [6.45, 7) is -0.500. The van der Waals surface area contributed by atoms with Crippen molar-refractivity contribution in [1.82, 2.24) is 0 Å². The molecule has 3 aromatic carbocycles. The van der Waals surface area contributed by atoms with Gasteiger partial charge in [0.05, 0.1) is 11.6 Å². The molecule has 0 aliphatic heterocycles. The Labute approximate surface area is 177 Å². The number of carbonyl (C=O) groups is 2. The maximum Gasteiger partial charge on any atom is 0.348 e. The van der Waals surface area contributed by atoms with Crippen LogP contribution in [0.3, 0.4) is 0 Å². The molecule has 0 aliphatic rings. The quantitative estimate of drug-likeness (QED) is 0.429. The summed E-state index contributed by atoms with van der Waals surface area (Å²) in [5.41, 5.74) is -0.955. The summed E-state index contributed by atoms with van der Waals surface area (Å²) in [7, 11) is 1.53. The second kappa shape index (κ2) is 9.03. The van der Waals surface area contributed by atoms with Crippen LogP contribution in [-0.2, 0) is 15.1 Å². The van der Waals surface area contributed by atoms with E-state index in [2.05, 4.69) is 15.9 Å². The minimum atomic E-state index is -2.02. The molecule has 0 unspecified atom stereocenters. The highest BCUT2D eigenvalue weighted by molar-refractivity contribution is 9.10. The molecule has 3 rings (SSSR count). The molecule has 148 valence electrons. The highest BCUT2D eigenvalue weighted by Gasteiger charge is 2.41. The van der Waals surface area contributed by atoms with E-state index in [4.69, 9.17) is 9.47 Å². The molecule has 0 saturated heterocycles. The van der Waals surface area contributed by atoms with Crippen molar-refractivity contribution in [2.24, 2.45) is 0 Å². The molecule has 0 heterocycles. The molecule has 0 aromatic heterocycles. The van der Waals surface area contributed by atoms with Gasteiger partial charge >= 0.3 is 5.97 Å². The number of ether oxygens (including phenoxy) is 2. The maximum absolute atomic E-state index is 12.9. The first-order valence-corrected chi connectivity index (χ1v) is 9.63. The number of hydrogen-bond donors (Lipinski definition) is 1. The molecular weight excluding hydrogens is 436 g/mol. The zero-order chi connectivity index (χ0) is 20.9. The fourth-order valence-electron chi connectivity index (χ4n) is 2.92. The minimum Gasteiger partial charge on any atom is -0.496 e. The Bertz CT molecular complexity index is 963. The highest BCUT2D eigenvalue weighted by Crippen LogP contribution is 2.31. The number of halogens is 1. The smallest absolute Gasteiger partial charge is 0.348 e. The van der Waals surface area contributed by atoms with E-state index in [1.165, 1.54) is 7.11 Å². The molecule has 0 saturated carbocycles. The summed E-state index contributed by atoms with van der Waals surface area (Å²) in [6, 6.07) is 21.8. The monoisotopic (exact) mass is 454 g/mol. The zero-order valence-corrected chi connectivity index (χ0v) is 17.3. The average molecular weight is 455 g/mol. The van der Waals surface area contributed by atoms with E-state index < -0.39 is 24.0 Å². The lowest BCUT2D eigenvalue weighted by Crippen LogP contribution is -2.39. The van der Waals surface area contributed by atoms with Gasteiger partial charge in [-0.1, -0.05) is 60.7 Å². The van der Waals surface area contributed by atoms with Gasteiger partial charge in [0, 0.05) is 5.56 Å². The van der Waals surface area contributed by atoms with E-state index in [1.54, 1.807) is 78.9 Å². The third-order valence-corrected chi connectivity index (χ3v) is 5.11. The second-order valence-electron chi connectivity index (χ2n) is 6.29. The number of aliphatic hydroxyl groups is 1. The van der Waals surface area contributed by atoms with Crippen LogP contribution >= 0.6 is 15.9 Å². The summed E-state index contributed by atoms with van der Waals surface area (Å²) in [5, 5.41) is 11.3. The third kappa shape index (κ3) is 4.39. The van der Waals surface area contributed by atoms with Gasteiger partial charge in [0.2, 0.25) is 5.60 Å². The highest BCUT2D eigenvalue weighted by atomic mass is 79.9. The molecular formula is C23H19BrO5. The molecule has 3 aromatic rings. The Morgan fingerprint density at radius 3 is 1.97 bits per heavy atom. The number of hydrogen-bond acceptors (Lipinski definition) is 5. The summed E-state index contributed by atoms with van der Waals surface area (Å²) in [4.78, 5) is 25.4. The normalized spacial score (nSPS) is 11.0. The van der Waals surface area contributed by atoms with E-state index in [0.717, 1.165) is 0 Å². The molecule has 0 aliphatic carbocycles. The SMILES string of the molecule is COc1ccc(C(=O)COC(=O)C(O)(c2ccccc2)c2ccccc2)cc1Br. The second-order valence-corrected chi connectivity index (χ2v) is 7.15. The van der Waals surface area contributed by atoms with Crippen molar-refractivity contribution >= 4 is 27.7 Å². The van der Waals surface area contributed by atoms with Gasteiger partial charge in [0.25, 0.3) is 0 Å². The molecule has 6 heteroatoms. The largest absolute Gasteiger partial charge is 0.496 e. The van der Waals surface area contributed by atoms with Crippen LogP contribution in [0.15, 0.2) is 83.3 Å². The van der Waals surface area contributed by atoms with Crippen LogP contribution in [0, 0.1) is 0 Å². The molecule has 0 fully saturated rings. The van der Waals surface area contributed by atoms with E-state index >= 15 is 0 Å². The van der Waals surface area contributed by atoms with Gasteiger partial charge in [0.1, 0.15) is 5.75 Å². The van der Waals surface area contributed by atoms with Crippen molar-refractivity contribution < 1.29 is 24.2 Å². The standard InChI is InChI=1S/C23H19BrO5/c1-28-21-13-12-16(14-19(21)24)20(25)15-29-22(26)23(27,17-8-4-2-5-9-17)18-10-6-3-7-11-18/h2-14,27H,15H2,1H3. The predicted molar refractivity (Wildman–Crippen MR) is 112 cm³/mol. The van der Waals surface area contributed by atoms with Crippen LogP contribution in [0.4, 0.5) is 0 Å². The first-order chi connectivity index (χ1) is 14.0. The molecule has 5 nitrogen and oxygen atoms in total. The van der Waals surface area contributed by atoms with Crippen LogP contribution in [0.1, 0.15) is 21.5 Å². The van der Waals surface area contributed by atoms with Crippen molar-refractivity contribution in [3.05, 3.63) is 100 Å². The fraction of sp³-hybridized carbons (Fsp3) is 0.130. The first kappa shape index (κ1) is 20.8. The molecule has 0 spiro atoms. The van der Waals surface area contributed by atoms with Crippen LogP contribution in [0.25, 0.3) is 0 Å². The van der Waals surface area contributed by atoms with E-state index in [9.17, 15) is 14.7 Å². The Balaban J connectivity index is 1.83. The van der Waals surface area contributed by atoms with Crippen molar-refractivity contribution in [2.75, 3.05) is 13.7 Å². The van der Waals surface area contributed by atoms with Crippen molar-refractivity contribution in [3.63, 3.8) is 0 Å². The first-order valence-electron chi connectivity index (χ1n) is 8.84. The van der Waals surface area contributed by atoms with Gasteiger partial charge in [-0.25, -0.2) is 4.79 Å². The van der Waals surface area contributed by atoms with E-state index in [-0.39, 0.29) is 0 Å². The van der Waals surface area contributed by atoms with Crippen LogP contribution in [0.5, 0.6) is 5.75 Å². The Morgan fingerprint density at radius 1 is 0.931 bits per heavy atom. The third-order valence-electron chi connectivity index (χ3n) is 4.49. The van der Waals surface area contributed by atoms with Crippen LogP contribution in [-0.4, -0.2) is 30.6 Å². The summed E-state index contributed by atoms with van der Waals surface area (Å²) < 4.78 is 11.0. The molecule has 0 amide bonds. The summed E-state index contributed by atoms with van der Waals surface area (Å²) in [5.74, 6) is -0.734. The molecule has 0 bridgehead atoms. The number of benzene rings is 3. The number of carbonyl (C=O) groups excluding carboxylic acids is 2. The Kier molecular flexibility index (Phi) is 6.46. The van der Waals surface area contributed by atoms with Gasteiger partial charge in [-0.05, 0) is 45.3 Å². The lowest BCUT2D eigenvalue weighted by atomic mass is 9.86. The molecule has 1 N–H and O–H groups in total. The van der Waals surface area contributed by atoms with Gasteiger partial charge in [0.15, 0.2) is 12.4 Å². The Morgan fingerprint density at radius 2 is 1.48 bits per heavy atom.